The molecule has 0 spiro atoms. The fourth-order valence-electron chi connectivity index (χ4n) is 2.21. The molecule has 0 atom stereocenters. The summed E-state index contributed by atoms with van der Waals surface area (Å²) in [6.45, 7) is 2.06. The van der Waals surface area contributed by atoms with E-state index in [4.69, 9.17) is 4.42 Å². The predicted octanol–water partition coefficient (Wildman–Crippen LogP) is 4.78. The Balaban J connectivity index is 1.65. The largest absolute Gasteiger partial charge is 0.437 e. The van der Waals surface area contributed by atoms with Crippen molar-refractivity contribution in [3.05, 3.63) is 71.6 Å². The third-order valence-corrected chi connectivity index (χ3v) is 3.26. The highest BCUT2D eigenvalue weighted by Gasteiger charge is 2.02. The summed E-state index contributed by atoms with van der Waals surface area (Å²) in [5, 5.41) is 0. The number of fused-ring (bicyclic) bond motifs is 1. The summed E-state index contributed by atoms with van der Waals surface area (Å²) in [5.41, 5.74) is 4.32. The van der Waals surface area contributed by atoms with Crippen molar-refractivity contribution < 1.29 is 4.42 Å². The van der Waals surface area contributed by atoms with Crippen molar-refractivity contribution in [3.8, 4) is 0 Å². The number of nitrogens with zero attached hydrogens (tertiary/aromatic N) is 1. The smallest absolute Gasteiger partial charge is 0.219 e. The predicted molar refractivity (Wildman–Crippen MR) is 82.5 cm³/mol. The molecule has 0 unspecified atom stereocenters. The quantitative estimate of drug-likeness (QED) is 0.677. The number of oxazole rings is 1. The monoisotopic (exact) mass is 263 g/mol. The maximum atomic E-state index is 5.68. The van der Waals surface area contributed by atoms with E-state index in [-0.39, 0.29) is 0 Å². The van der Waals surface area contributed by atoms with E-state index in [9.17, 15) is 0 Å². The fourth-order valence-corrected chi connectivity index (χ4v) is 2.21. The van der Waals surface area contributed by atoms with E-state index < -0.39 is 0 Å². The SMILES string of the molecule is Cc1ccc2oc(/C=C/CCc3ccccc3)nc2c1. The summed E-state index contributed by atoms with van der Waals surface area (Å²) in [7, 11) is 0. The molecule has 0 aliphatic rings. The van der Waals surface area contributed by atoms with Crippen molar-refractivity contribution in [2.45, 2.75) is 19.8 Å². The topological polar surface area (TPSA) is 26.0 Å². The molecule has 0 aliphatic heterocycles. The number of aromatic nitrogens is 1. The third-order valence-electron chi connectivity index (χ3n) is 3.26. The van der Waals surface area contributed by atoms with E-state index in [0.29, 0.717) is 5.89 Å². The molecule has 0 radical (unpaired) electrons. The Labute approximate surface area is 118 Å². The van der Waals surface area contributed by atoms with Gasteiger partial charge < -0.3 is 4.42 Å². The zero-order chi connectivity index (χ0) is 13.8. The number of benzene rings is 2. The van der Waals surface area contributed by atoms with E-state index in [2.05, 4.69) is 42.2 Å². The standard InChI is InChI=1S/C18H17NO/c1-14-11-12-17-16(13-14)19-18(20-17)10-6-5-9-15-7-3-2-4-8-15/h2-4,6-8,10-13H,5,9H2,1H3/b10-6+. The van der Waals surface area contributed by atoms with Crippen LogP contribution in [0.4, 0.5) is 0 Å². The maximum Gasteiger partial charge on any atom is 0.219 e. The molecule has 1 aromatic heterocycles. The first-order valence-corrected chi connectivity index (χ1v) is 6.89. The summed E-state index contributed by atoms with van der Waals surface area (Å²) in [6, 6.07) is 16.5. The van der Waals surface area contributed by atoms with Gasteiger partial charge in [0.2, 0.25) is 5.89 Å². The van der Waals surface area contributed by atoms with Crippen molar-refractivity contribution in [2.75, 3.05) is 0 Å². The lowest BCUT2D eigenvalue weighted by atomic mass is 10.1. The summed E-state index contributed by atoms with van der Waals surface area (Å²) < 4.78 is 5.68. The molecule has 0 aliphatic carbocycles. The van der Waals surface area contributed by atoms with Crippen molar-refractivity contribution in [1.29, 1.82) is 0 Å². The summed E-state index contributed by atoms with van der Waals surface area (Å²) in [5.74, 6) is 0.679. The van der Waals surface area contributed by atoms with Gasteiger partial charge in [0.1, 0.15) is 5.52 Å². The normalized spacial score (nSPS) is 11.4. The first-order valence-electron chi connectivity index (χ1n) is 6.89. The van der Waals surface area contributed by atoms with E-state index >= 15 is 0 Å². The summed E-state index contributed by atoms with van der Waals surface area (Å²) in [4.78, 5) is 4.46. The Morgan fingerprint density at radius 1 is 1.10 bits per heavy atom. The van der Waals surface area contributed by atoms with Crippen LogP contribution in [0.1, 0.15) is 23.4 Å². The molecule has 100 valence electrons. The second-order valence-corrected chi connectivity index (χ2v) is 4.95. The van der Waals surface area contributed by atoms with Gasteiger partial charge in [-0.2, -0.15) is 0 Å². The highest BCUT2D eigenvalue weighted by atomic mass is 16.3. The number of aryl methyl sites for hydroxylation is 2. The van der Waals surface area contributed by atoms with Crippen molar-refractivity contribution in [3.63, 3.8) is 0 Å². The second kappa shape index (κ2) is 5.74. The van der Waals surface area contributed by atoms with Crippen LogP contribution in [0.2, 0.25) is 0 Å². The van der Waals surface area contributed by atoms with Gasteiger partial charge in [0.25, 0.3) is 0 Å². The first-order chi connectivity index (χ1) is 9.81. The van der Waals surface area contributed by atoms with Crippen LogP contribution < -0.4 is 0 Å². The average Bonchev–Trinajstić information content (AvgIpc) is 2.86. The van der Waals surface area contributed by atoms with Crippen LogP contribution in [0, 0.1) is 6.92 Å². The third kappa shape index (κ3) is 2.97. The zero-order valence-electron chi connectivity index (χ0n) is 11.5. The van der Waals surface area contributed by atoms with Crippen LogP contribution in [0.15, 0.2) is 59.0 Å². The molecule has 3 aromatic rings. The van der Waals surface area contributed by atoms with E-state index in [0.717, 1.165) is 23.9 Å². The Morgan fingerprint density at radius 3 is 2.80 bits per heavy atom. The van der Waals surface area contributed by atoms with Crippen LogP contribution in [-0.2, 0) is 6.42 Å². The molecule has 0 N–H and O–H groups in total. The molecule has 2 nitrogen and oxygen atoms in total. The average molecular weight is 263 g/mol. The zero-order valence-corrected chi connectivity index (χ0v) is 11.5. The van der Waals surface area contributed by atoms with E-state index in [1.807, 2.05) is 30.3 Å². The Morgan fingerprint density at radius 2 is 1.95 bits per heavy atom. The highest BCUT2D eigenvalue weighted by Crippen LogP contribution is 2.17. The molecule has 1 heterocycles. The number of hydrogen-bond donors (Lipinski definition) is 0. The van der Waals surface area contributed by atoms with Crippen molar-refractivity contribution in [2.24, 2.45) is 0 Å². The number of hydrogen-bond acceptors (Lipinski definition) is 2. The minimum absolute atomic E-state index is 0.679. The Kier molecular flexibility index (Phi) is 3.64. The van der Waals surface area contributed by atoms with Gasteiger partial charge in [-0.3, -0.25) is 0 Å². The van der Waals surface area contributed by atoms with Gasteiger partial charge in [0.15, 0.2) is 5.58 Å². The highest BCUT2D eigenvalue weighted by molar-refractivity contribution is 5.74. The molecule has 0 fully saturated rings. The lowest BCUT2D eigenvalue weighted by molar-refractivity contribution is 0.589. The van der Waals surface area contributed by atoms with Gasteiger partial charge in [-0.25, -0.2) is 4.98 Å². The number of rotatable bonds is 4. The minimum atomic E-state index is 0.679. The van der Waals surface area contributed by atoms with Crippen molar-refractivity contribution in [1.82, 2.24) is 4.98 Å². The van der Waals surface area contributed by atoms with Gasteiger partial charge in [-0.1, -0.05) is 42.5 Å². The summed E-state index contributed by atoms with van der Waals surface area (Å²) in [6.07, 6.45) is 6.10. The van der Waals surface area contributed by atoms with Crippen LogP contribution in [0.5, 0.6) is 0 Å². The molecule has 0 saturated heterocycles. The Hall–Kier alpha value is -2.35. The molecule has 0 amide bonds. The van der Waals surface area contributed by atoms with Gasteiger partial charge >= 0.3 is 0 Å². The van der Waals surface area contributed by atoms with E-state index in [1.165, 1.54) is 11.1 Å². The molecular formula is C18H17NO. The van der Waals surface area contributed by atoms with Crippen LogP contribution in [0.3, 0.4) is 0 Å². The number of allylic oxidation sites excluding steroid dienone is 1. The summed E-state index contributed by atoms with van der Waals surface area (Å²) >= 11 is 0. The molecule has 3 rings (SSSR count). The van der Waals surface area contributed by atoms with Gasteiger partial charge in [-0.15, -0.1) is 0 Å². The van der Waals surface area contributed by atoms with Crippen LogP contribution in [0.25, 0.3) is 17.2 Å². The lowest BCUT2D eigenvalue weighted by Gasteiger charge is -1.95. The molecule has 2 heteroatoms. The van der Waals surface area contributed by atoms with Gasteiger partial charge in [-0.05, 0) is 49.1 Å². The first kappa shape index (κ1) is 12.7. The molecule has 0 saturated carbocycles. The molecule has 2 aromatic carbocycles. The fraction of sp³-hybridized carbons (Fsp3) is 0.167. The molecule has 0 bridgehead atoms. The minimum Gasteiger partial charge on any atom is -0.437 e. The van der Waals surface area contributed by atoms with Crippen molar-refractivity contribution >= 4 is 17.2 Å². The molecular weight excluding hydrogens is 246 g/mol. The molecule has 20 heavy (non-hydrogen) atoms. The Bertz CT molecular complexity index is 726. The van der Waals surface area contributed by atoms with E-state index in [1.54, 1.807) is 0 Å². The van der Waals surface area contributed by atoms with Gasteiger partial charge in [0, 0.05) is 0 Å². The lowest BCUT2D eigenvalue weighted by Crippen LogP contribution is -1.81. The van der Waals surface area contributed by atoms with Gasteiger partial charge in [0.05, 0.1) is 0 Å². The van der Waals surface area contributed by atoms with Crippen LogP contribution >= 0.6 is 0 Å². The second-order valence-electron chi connectivity index (χ2n) is 4.95. The maximum absolute atomic E-state index is 5.68. The van der Waals surface area contributed by atoms with Crippen LogP contribution in [-0.4, -0.2) is 4.98 Å².